The van der Waals surface area contributed by atoms with E-state index in [2.05, 4.69) is 33.0 Å². The smallest absolute Gasteiger partial charge is 0.223 e. The van der Waals surface area contributed by atoms with E-state index in [1.807, 2.05) is 30.5 Å². The lowest BCUT2D eigenvalue weighted by molar-refractivity contribution is 0.208. The van der Waals surface area contributed by atoms with Crippen LogP contribution >= 0.6 is 0 Å². The van der Waals surface area contributed by atoms with Gasteiger partial charge in [0.2, 0.25) is 5.95 Å². The number of fused-ring (bicyclic) bond motifs is 4. The van der Waals surface area contributed by atoms with Crippen molar-refractivity contribution in [3.8, 4) is 5.75 Å². The molecule has 0 saturated heterocycles. The standard InChI is InChI=1S/C20H21N7O/c1-12(26-10-13-5-4-8-22-15(13)11-26)9-17-23-19-14-6-3-7-16(28-2)18(14)24-20(21)27(19)25-17/h3-8,12H,9-11H2,1-2H3,(H2,21,24)/t12-/m0/s1. The average Bonchev–Trinajstić information content (AvgIpc) is 3.32. The molecule has 0 spiro atoms. The van der Waals surface area contributed by atoms with E-state index in [4.69, 9.17) is 15.5 Å². The van der Waals surface area contributed by atoms with Crippen molar-refractivity contribution in [3.05, 3.63) is 53.6 Å². The van der Waals surface area contributed by atoms with Crippen LogP contribution in [0.25, 0.3) is 16.6 Å². The maximum absolute atomic E-state index is 6.14. The molecule has 3 aromatic heterocycles. The quantitative estimate of drug-likeness (QED) is 0.584. The Morgan fingerprint density at radius 3 is 2.89 bits per heavy atom. The molecule has 0 bridgehead atoms. The van der Waals surface area contributed by atoms with Crippen LogP contribution in [-0.2, 0) is 19.5 Å². The number of pyridine rings is 1. The molecule has 1 atom stereocenters. The third-order valence-corrected chi connectivity index (χ3v) is 5.37. The summed E-state index contributed by atoms with van der Waals surface area (Å²) in [6.07, 6.45) is 2.58. The van der Waals surface area contributed by atoms with Gasteiger partial charge in [0.05, 0.1) is 12.8 Å². The predicted molar refractivity (Wildman–Crippen MR) is 106 cm³/mol. The van der Waals surface area contributed by atoms with E-state index in [1.54, 1.807) is 11.6 Å². The Bertz CT molecular complexity index is 1160. The molecule has 0 unspecified atom stereocenters. The van der Waals surface area contributed by atoms with Gasteiger partial charge in [-0.25, -0.2) is 9.97 Å². The van der Waals surface area contributed by atoms with Gasteiger partial charge < -0.3 is 10.5 Å². The molecule has 142 valence electrons. The number of nitrogen functional groups attached to an aromatic ring is 1. The van der Waals surface area contributed by atoms with Gasteiger partial charge in [0.25, 0.3) is 0 Å². The second kappa shape index (κ2) is 6.42. The van der Waals surface area contributed by atoms with Crippen LogP contribution in [-0.4, -0.2) is 42.6 Å². The third-order valence-electron chi connectivity index (χ3n) is 5.37. The van der Waals surface area contributed by atoms with Crippen LogP contribution in [0.4, 0.5) is 5.95 Å². The van der Waals surface area contributed by atoms with Crippen molar-refractivity contribution in [2.24, 2.45) is 0 Å². The third kappa shape index (κ3) is 2.65. The molecule has 1 aliphatic heterocycles. The second-order valence-corrected chi connectivity index (χ2v) is 7.16. The van der Waals surface area contributed by atoms with Crippen molar-refractivity contribution in [1.82, 2.24) is 29.5 Å². The fourth-order valence-electron chi connectivity index (χ4n) is 3.85. The fraction of sp³-hybridized carbons (Fsp3) is 0.300. The highest BCUT2D eigenvalue weighted by molar-refractivity contribution is 5.95. The Balaban J connectivity index is 1.47. The van der Waals surface area contributed by atoms with Crippen molar-refractivity contribution in [3.63, 3.8) is 0 Å². The van der Waals surface area contributed by atoms with Gasteiger partial charge in [-0.1, -0.05) is 12.1 Å². The maximum atomic E-state index is 6.14. The van der Waals surface area contributed by atoms with Crippen LogP contribution < -0.4 is 10.5 Å². The van der Waals surface area contributed by atoms with E-state index in [-0.39, 0.29) is 6.04 Å². The summed E-state index contributed by atoms with van der Waals surface area (Å²) in [6, 6.07) is 10.2. The summed E-state index contributed by atoms with van der Waals surface area (Å²) in [5.74, 6) is 1.73. The number of ether oxygens (including phenoxy) is 1. The number of nitrogens with zero attached hydrogens (tertiary/aromatic N) is 6. The van der Waals surface area contributed by atoms with Crippen molar-refractivity contribution in [2.45, 2.75) is 32.5 Å². The Hall–Kier alpha value is -3.26. The van der Waals surface area contributed by atoms with Crippen LogP contribution in [0, 0.1) is 0 Å². The van der Waals surface area contributed by atoms with Gasteiger partial charge in [-0.2, -0.15) is 4.52 Å². The summed E-state index contributed by atoms with van der Waals surface area (Å²) in [5, 5.41) is 5.49. The topological polar surface area (TPSA) is 94.5 Å². The monoisotopic (exact) mass is 375 g/mol. The van der Waals surface area contributed by atoms with Gasteiger partial charge in [-0.15, -0.1) is 5.10 Å². The lowest BCUT2D eigenvalue weighted by Gasteiger charge is -2.22. The maximum Gasteiger partial charge on any atom is 0.223 e. The van der Waals surface area contributed by atoms with Crippen LogP contribution in [0.5, 0.6) is 5.75 Å². The first kappa shape index (κ1) is 16.9. The summed E-state index contributed by atoms with van der Waals surface area (Å²) < 4.78 is 7.03. The highest BCUT2D eigenvalue weighted by Crippen LogP contribution is 2.28. The normalized spacial score (nSPS) is 15.2. The first-order chi connectivity index (χ1) is 13.6. The number of hydrogen-bond acceptors (Lipinski definition) is 7. The predicted octanol–water partition coefficient (Wildman–Crippen LogP) is 2.21. The van der Waals surface area contributed by atoms with E-state index in [9.17, 15) is 0 Å². The van der Waals surface area contributed by atoms with E-state index < -0.39 is 0 Å². The molecule has 8 heteroatoms. The van der Waals surface area contributed by atoms with Crippen molar-refractivity contribution >= 4 is 22.5 Å². The zero-order chi connectivity index (χ0) is 19.3. The van der Waals surface area contributed by atoms with Gasteiger partial charge >= 0.3 is 0 Å². The first-order valence-corrected chi connectivity index (χ1v) is 9.28. The molecule has 5 rings (SSSR count). The lowest BCUT2D eigenvalue weighted by atomic mass is 10.2. The molecule has 0 amide bonds. The molecule has 0 fully saturated rings. The summed E-state index contributed by atoms with van der Waals surface area (Å²) in [6.45, 7) is 3.95. The molecule has 4 heterocycles. The molecule has 8 nitrogen and oxygen atoms in total. The Labute approximate surface area is 162 Å². The van der Waals surface area contributed by atoms with Crippen LogP contribution in [0.2, 0.25) is 0 Å². The van der Waals surface area contributed by atoms with E-state index in [0.29, 0.717) is 22.9 Å². The Morgan fingerprint density at radius 2 is 2.07 bits per heavy atom. The lowest BCUT2D eigenvalue weighted by Crippen LogP contribution is -2.30. The number of benzene rings is 1. The molecular formula is C20H21N7O. The van der Waals surface area contributed by atoms with Gasteiger partial charge in [-0.05, 0) is 30.7 Å². The average molecular weight is 375 g/mol. The number of rotatable bonds is 4. The molecular weight excluding hydrogens is 354 g/mol. The van der Waals surface area contributed by atoms with Gasteiger partial charge in [-0.3, -0.25) is 9.88 Å². The summed E-state index contributed by atoms with van der Waals surface area (Å²) >= 11 is 0. The molecule has 4 aromatic rings. The number of aromatic nitrogens is 5. The van der Waals surface area contributed by atoms with Gasteiger partial charge in [0.15, 0.2) is 11.5 Å². The molecule has 0 radical (unpaired) electrons. The van der Waals surface area contributed by atoms with Crippen molar-refractivity contribution < 1.29 is 4.74 Å². The van der Waals surface area contributed by atoms with Gasteiger partial charge in [0.1, 0.15) is 11.3 Å². The number of anilines is 1. The summed E-state index contributed by atoms with van der Waals surface area (Å²) in [7, 11) is 1.62. The molecule has 0 aliphatic carbocycles. The fourth-order valence-corrected chi connectivity index (χ4v) is 3.85. The SMILES string of the molecule is COc1cccc2c1nc(N)n1nc(C[C@H](C)N3Cc4cccnc4C3)nc21. The van der Waals surface area contributed by atoms with Crippen LogP contribution in [0.1, 0.15) is 24.0 Å². The van der Waals surface area contributed by atoms with E-state index in [0.717, 1.165) is 36.4 Å². The van der Waals surface area contributed by atoms with Crippen molar-refractivity contribution in [2.75, 3.05) is 12.8 Å². The highest BCUT2D eigenvalue weighted by atomic mass is 16.5. The van der Waals surface area contributed by atoms with Crippen LogP contribution in [0.15, 0.2) is 36.5 Å². The first-order valence-electron chi connectivity index (χ1n) is 9.28. The van der Waals surface area contributed by atoms with E-state index in [1.165, 1.54) is 5.56 Å². The van der Waals surface area contributed by atoms with Gasteiger partial charge in [0, 0.05) is 37.1 Å². The minimum Gasteiger partial charge on any atom is -0.494 e. The van der Waals surface area contributed by atoms with Crippen molar-refractivity contribution in [1.29, 1.82) is 0 Å². The number of methoxy groups -OCH3 is 1. The highest BCUT2D eigenvalue weighted by Gasteiger charge is 2.25. The van der Waals surface area contributed by atoms with Crippen LogP contribution in [0.3, 0.4) is 0 Å². The second-order valence-electron chi connectivity index (χ2n) is 7.16. The largest absolute Gasteiger partial charge is 0.494 e. The molecule has 28 heavy (non-hydrogen) atoms. The number of hydrogen-bond donors (Lipinski definition) is 1. The molecule has 2 N–H and O–H groups in total. The summed E-state index contributed by atoms with van der Waals surface area (Å²) in [4.78, 5) is 16.1. The Morgan fingerprint density at radius 1 is 1.18 bits per heavy atom. The minimum atomic E-state index is 0.279. The summed E-state index contributed by atoms with van der Waals surface area (Å²) in [5.41, 5.74) is 10.00. The number of nitrogens with two attached hydrogens (primary N) is 1. The molecule has 1 aliphatic rings. The van der Waals surface area contributed by atoms with E-state index >= 15 is 0 Å². The molecule has 0 saturated carbocycles. The molecule has 1 aromatic carbocycles. The minimum absolute atomic E-state index is 0.279. The Kier molecular flexibility index (Phi) is 3.87. The zero-order valence-electron chi connectivity index (χ0n) is 15.8. The zero-order valence-corrected chi connectivity index (χ0v) is 15.8. The number of para-hydroxylation sites is 1.